The van der Waals surface area contributed by atoms with Crippen molar-refractivity contribution in [3.8, 4) is 0 Å². The first-order valence-electron chi connectivity index (χ1n) is 10.7. The number of aryl methyl sites for hydroxylation is 1. The van der Waals surface area contributed by atoms with Gasteiger partial charge in [0, 0.05) is 42.5 Å². The van der Waals surface area contributed by atoms with Gasteiger partial charge in [-0.05, 0) is 43.9 Å². The molecule has 1 aliphatic carbocycles. The summed E-state index contributed by atoms with van der Waals surface area (Å²) in [5, 5.41) is 10.1. The van der Waals surface area contributed by atoms with Crippen LogP contribution in [0.1, 0.15) is 38.7 Å². The van der Waals surface area contributed by atoms with Gasteiger partial charge in [0.25, 0.3) is 0 Å². The number of fused-ring (bicyclic) bond motifs is 3. The van der Waals surface area contributed by atoms with Crippen molar-refractivity contribution in [3.63, 3.8) is 0 Å². The average Bonchev–Trinajstić information content (AvgIpc) is 3.02. The van der Waals surface area contributed by atoms with Crippen LogP contribution in [0.3, 0.4) is 0 Å². The largest absolute Gasteiger partial charge is 0.508 e. The number of likely N-dealkylation sites (tertiary alicyclic amines) is 1. The Labute approximate surface area is 169 Å². The minimum Gasteiger partial charge on any atom is -0.508 e. The smallest absolute Gasteiger partial charge is 0.113 e. The van der Waals surface area contributed by atoms with E-state index in [1.165, 1.54) is 29.8 Å². The van der Waals surface area contributed by atoms with E-state index in [2.05, 4.69) is 78.4 Å². The van der Waals surface area contributed by atoms with E-state index in [1.54, 1.807) is 0 Å². The normalized spacial score (nSPS) is 25.8. The first-order valence-corrected chi connectivity index (χ1v) is 10.7. The molecule has 28 heavy (non-hydrogen) atoms. The third-order valence-electron chi connectivity index (χ3n) is 6.36. The quantitative estimate of drug-likeness (QED) is 0.689. The van der Waals surface area contributed by atoms with Crippen molar-refractivity contribution in [2.45, 2.75) is 45.6 Å². The van der Waals surface area contributed by atoms with E-state index >= 15 is 0 Å². The van der Waals surface area contributed by atoms with E-state index in [4.69, 9.17) is 0 Å². The van der Waals surface area contributed by atoms with Gasteiger partial charge in [0.15, 0.2) is 0 Å². The molecule has 2 aliphatic heterocycles. The molecule has 0 spiro atoms. The highest BCUT2D eigenvalue weighted by molar-refractivity contribution is 5.38. The van der Waals surface area contributed by atoms with E-state index in [0.717, 1.165) is 25.9 Å². The predicted octanol–water partition coefficient (Wildman–Crippen LogP) is 5.41. The molecule has 1 aromatic rings. The molecule has 3 heteroatoms. The summed E-state index contributed by atoms with van der Waals surface area (Å²) in [6, 6.07) is 11.0. The molecule has 148 valence electrons. The fourth-order valence-corrected chi connectivity index (χ4v) is 4.89. The average molecular weight is 377 g/mol. The fourth-order valence-electron chi connectivity index (χ4n) is 4.89. The van der Waals surface area contributed by atoms with Gasteiger partial charge in [0.2, 0.25) is 0 Å². The Balaban J connectivity index is 1.57. The zero-order chi connectivity index (χ0) is 19.5. The van der Waals surface area contributed by atoms with Crippen LogP contribution in [0.2, 0.25) is 0 Å². The Kier molecular flexibility index (Phi) is 5.61. The minimum atomic E-state index is 0.256. The second-order valence-electron chi connectivity index (χ2n) is 8.19. The second kappa shape index (κ2) is 8.30. The molecule has 1 aromatic carbocycles. The number of unbranched alkanes of at least 4 members (excludes halogenated alkanes) is 1. The third-order valence-corrected chi connectivity index (χ3v) is 6.36. The summed E-state index contributed by atoms with van der Waals surface area (Å²) >= 11 is 0. The molecule has 0 radical (unpaired) electrons. The van der Waals surface area contributed by atoms with Crippen LogP contribution in [0.4, 0.5) is 0 Å². The monoisotopic (exact) mass is 376 g/mol. The zero-order valence-corrected chi connectivity index (χ0v) is 17.1. The summed E-state index contributed by atoms with van der Waals surface area (Å²) in [6.07, 6.45) is 15.4. The van der Waals surface area contributed by atoms with Gasteiger partial charge in [-0.25, -0.2) is 0 Å². The van der Waals surface area contributed by atoms with E-state index < -0.39 is 0 Å². The van der Waals surface area contributed by atoms with Crippen molar-refractivity contribution in [3.05, 3.63) is 83.6 Å². The maximum atomic E-state index is 10.1. The molecule has 0 aromatic heterocycles. The molecular weight excluding hydrogens is 344 g/mol. The van der Waals surface area contributed by atoms with Crippen molar-refractivity contribution in [1.29, 1.82) is 0 Å². The second-order valence-corrected chi connectivity index (χ2v) is 8.19. The SMILES string of the molecule is CCCCN1C=CC2C(=C1C)N(CCCc1ccccc1)C1C=C(O)C=CC21. The molecule has 3 atom stereocenters. The topological polar surface area (TPSA) is 26.7 Å². The highest BCUT2D eigenvalue weighted by Crippen LogP contribution is 2.46. The van der Waals surface area contributed by atoms with Crippen LogP contribution in [0.5, 0.6) is 0 Å². The first kappa shape index (κ1) is 18.9. The summed E-state index contributed by atoms with van der Waals surface area (Å²) < 4.78 is 0. The molecule has 1 saturated heterocycles. The van der Waals surface area contributed by atoms with E-state index in [1.807, 2.05) is 6.08 Å². The molecular formula is C25H32N2O. The van der Waals surface area contributed by atoms with Crippen LogP contribution in [-0.4, -0.2) is 34.0 Å². The van der Waals surface area contributed by atoms with Gasteiger partial charge in [0.1, 0.15) is 5.76 Å². The molecule has 0 amide bonds. The molecule has 2 heterocycles. The Bertz CT molecular complexity index is 805. The number of allylic oxidation sites excluding steroid dienone is 3. The lowest BCUT2D eigenvalue weighted by Crippen LogP contribution is -2.34. The fraction of sp³-hybridized carbons (Fsp3) is 0.440. The van der Waals surface area contributed by atoms with E-state index in [-0.39, 0.29) is 6.04 Å². The summed E-state index contributed by atoms with van der Waals surface area (Å²) in [5.74, 6) is 1.24. The van der Waals surface area contributed by atoms with Gasteiger partial charge < -0.3 is 14.9 Å². The lowest BCUT2D eigenvalue weighted by Gasteiger charge is -2.34. The molecule has 1 fully saturated rings. The summed E-state index contributed by atoms with van der Waals surface area (Å²) in [5.41, 5.74) is 4.24. The Morgan fingerprint density at radius 3 is 2.64 bits per heavy atom. The van der Waals surface area contributed by atoms with Gasteiger partial charge in [0.05, 0.1) is 6.04 Å². The number of aliphatic hydroxyl groups excluding tert-OH is 1. The van der Waals surface area contributed by atoms with E-state index in [0.29, 0.717) is 17.6 Å². The van der Waals surface area contributed by atoms with Gasteiger partial charge >= 0.3 is 0 Å². The van der Waals surface area contributed by atoms with Crippen LogP contribution >= 0.6 is 0 Å². The maximum absolute atomic E-state index is 10.1. The molecule has 3 unspecified atom stereocenters. The lowest BCUT2D eigenvalue weighted by atomic mass is 9.85. The number of nitrogens with zero attached hydrogens (tertiary/aromatic N) is 2. The minimum absolute atomic E-state index is 0.256. The van der Waals surface area contributed by atoms with Crippen LogP contribution < -0.4 is 0 Å². The molecule has 0 bridgehead atoms. The molecule has 4 rings (SSSR count). The summed E-state index contributed by atoms with van der Waals surface area (Å²) in [6.45, 7) is 6.62. The van der Waals surface area contributed by atoms with Gasteiger partial charge in [-0.3, -0.25) is 0 Å². The van der Waals surface area contributed by atoms with Gasteiger partial charge in [-0.1, -0.05) is 55.8 Å². The number of benzene rings is 1. The molecule has 3 aliphatic rings. The summed E-state index contributed by atoms with van der Waals surface area (Å²) in [7, 11) is 0. The van der Waals surface area contributed by atoms with E-state index in [9.17, 15) is 5.11 Å². The Morgan fingerprint density at radius 2 is 1.86 bits per heavy atom. The number of hydrogen-bond donors (Lipinski definition) is 1. The lowest BCUT2D eigenvalue weighted by molar-refractivity contribution is 0.289. The molecule has 1 N–H and O–H groups in total. The van der Waals surface area contributed by atoms with Crippen molar-refractivity contribution in [2.24, 2.45) is 11.8 Å². The highest BCUT2D eigenvalue weighted by Gasteiger charge is 2.45. The number of aliphatic hydroxyl groups is 1. The first-order chi connectivity index (χ1) is 13.7. The summed E-state index contributed by atoms with van der Waals surface area (Å²) in [4.78, 5) is 4.99. The molecule has 0 saturated carbocycles. The number of hydrogen-bond acceptors (Lipinski definition) is 3. The predicted molar refractivity (Wildman–Crippen MR) is 116 cm³/mol. The van der Waals surface area contributed by atoms with Crippen molar-refractivity contribution < 1.29 is 5.11 Å². The Morgan fingerprint density at radius 1 is 1.04 bits per heavy atom. The van der Waals surface area contributed by atoms with Gasteiger partial charge in [-0.15, -0.1) is 0 Å². The van der Waals surface area contributed by atoms with Crippen LogP contribution in [0.15, 0.2) is 78.0 Å². The zero-order valence-electron chi connectivity index (χ0n) is 17.1. The Hall–Kier alpha value is -2.42. The van der Waals surface area contributed by atoms with Crippen molar-refractivity contribution in [1.82, 2.24) is 9.80 Å². The molecule has 3 nitrogen and oxygen atoms in total. The van der Waals surface area contributed by atoms with Crippen LogP contribution in [0.25, 0.3) is 0 Å². The third kappa shape index (κ3) is 3.63. The number of rotatable bonds is 7. The van der Waals surface area contributed by atoms with Crippen LogP contribution in [0, 0.1) is 11.8 Å². The maximum Gasteiger partial charge on any atom is 0.113 e. The van der Waals surface area contributed by atoms with Crippen molar-refractivity contribution >= 4 is 0 Å². The highest BCUT2D eigenvalue weighted by atomic mass is 16.3. The standard InChI is InChI=1S/C25H32N2O/c1-3-4-15-26-17-14-23-22-13-12-21(28)18-24(22)27(25(23)19(26)2)16-8-11-20-9-6-5-7-10-20/h5-7,9-10,12-14,17-18,22-24,28H,3-4,8,11,15-16H2,1-2H3. The van der Waals surface area contributed by atoms with Gasteiger partial charge in [-0.2, -0.15) is 0 Å². The van der Waals surface area contributed by atoms with Crippen LogP contribution in [-0.2, 0) is 6.42 Å². The van der Waals surface area contributed by atoms with Crippen molar-refractivity contribution in [2.75, 3.05) is 13.1 Å².